The predicted molar refractivity (Wildman–Crippen MR) is 207 cm³/mol. The van der Waals surface area contributed by atoms with Crippen molar-refractivity contribution in [2.45, 2.75) is 175 Å². The molecule has 0 atom stereocenters. The summed E-state index contributed by atoms with van der Waals surface area (Å²) in [4.78, 5) is 0. The largest absolute Gasteiger partial charge is 0.494 e. The zero-order chi connectivity index (χ0) is 33.7. The third-order valence-corrected chi connectivity index (χ3v) is 8.55. The number of unbranched alkanes of at least 4 members (excludes halogenated alkanes) is 18. The highest BCUT2D eigenvalue weighted by Crippen LogP contribution is 2.26. The minimum atomic E-state index is 0.543. The Labute approximate surface area is 292 Å². The second-order valence-electron chi connectivity index (χ2n) is 13.1. The van der Waals surface area contributed by atoms with Crippen LogP contribution in [0.4, 0.5) is 0 Å². The number of methoxy groups -OCH3 is 1. The third kappa shape index (κ3) is 28.5. The van der Waals surface area contributed by atoms with Crippen molar-refractivity contribution in [2.75, 3.05) is 20.3 Å². The highest BCUT2D eigenvalue weighted by molar-refractivity contribution is 5.40. The lowest BCUT2D eigenvalue weighted by molar-refractivity contribution is 0.179. The Hall–Kier alpha value is -2.26. The normalized spacial score (nSPS) is 12.1. The molecule has 0 radical (unpaired) electrons. The van der Waals surface area contributed by atoms with Crippen LogP contribution < -0.4 is 9.47 Å². The Kier molecular flexibility index (Phi) is 31.9. The maximum Gasteiger partial charge on any atom is 0.125 e. The molecule has 0 amide bonds. The smallest absolute Gasteiger partial charge is 0.125 e. The van der Waals surface area contributed by atoms with E-state index in [0.29, 0.717) is 6.61 Å². The van der Waals surface area contributed by atoms with Crippen LogP contribution in [0.3, 0.4) is 0 Å². The molecule has 0 saturated carbocycles. The van der Waals surface area contributed by atoms with Gasteiger partial charge in [0.15, 0.2) is 0 Å². The van der Waals surface area contributed by atoms with E-state index in [2.05, 4.69) is 74.6 Å². The fourth-order valence-corrected chi connectivity index (χ4v) is 5.61. The van der Waals surface area contributed by atoms with E-state index in [1.165, 1.54) is 128 Å². The first kappa shape index (κ1) is 42.8. The molecular weight excluding hydrogens is 576 g/mol. The summed E-state index contributed by atoms with van der Waals surface area (Å²) in [6, 6.07) is 6.19. The van der Waals surface area contributed by atoms with Gasteiger partial charge in [0.05, 0.1) is 19.8 Å². The minimum Gasteiger partial charge on any atom is -0.494 e. The number of allylic oxidation sites excluding steroid dienone is 8. The van der Waals surface area contributed by atoms with E-state index < -0.39 is 0 Å². The quantitative estimate of drug-likeness (QED) is 0.0549. The van der Waals surface area contributed by atoms with Crippen LogP contribution in [0.2, 0.25) is 0 Å². The van der Waals surface area contributed by atoms with Crippen molar-refractivity contribution in [3.63, 3.8) is 0 Å². The van der Waals surface area contributed by atoms with Crippen molar-refractivity contribution in [2.24, 2.45) is 0 Å². The van der Waals surface area contributed by atoms with Crippen molar-refractivity contribution < 1.29 is 14.2 Å². The van der Waals surface area contributed by atoms with Crippen LogP contribution in [0.1, 0.15) is 174 Å². The molecule has 0 heterocycles. The van der Waals surface area contributed by atoms with Crippen molar-refractivity contribution in [3.05, 3.63) is 72.4 Å². The molecule has 1 aromatic rings. The number of hydrogen-bond acceptors (Lipinski definition) is 3. The Morgan fingerprint density at radius 2 is 0.894 bits per heavy atom. The molecule has 0 bridgehead atoms. The highest BCUT2D eigenvalue weighted by atomic mass is 16.5. The van der Waals surface area contributed by atoms with Gasteiger partial charge >= 0.3 is 0 Å². The van der Waals surface area contributed by atoms with Gasteiger partial charge in [-0.1, -0.05) is 140 Å². The van der Waals surface area contributed by atoms with Gasteiger partial charge in [-0.05, 0) is 95.2 Å². The Bertz CT molecular complexity index is 913. The number of rotatable bonds is 34. The van der Waals surface area contributed by atoms with E-state index in [4.69, 9.17) is 14.2 Å². The van der Waals surface area contributed by atoms with Crippen LogP contribution in [-0.2, 0) is 11.3 Å². The topological polar surface area (TPSA) is 27.7 Å². The van der Waals surface area contributed by atoms with Crippen LogP contribution >= 0.6 is 0 Å². The van der Waals surface area contributed by atoms with Crippen molar-refractivity contribution in [1.82, 2.24) is 0 Å². The standard InChI is InChI=1S/C44H74O3/c1-4-6-8-10-12-14-16-18-20-22-24-26-28-30-32-34-38-46-43-36-37-44(42(40-43)41-45-3)47-39-35-33-31-29-27-25-23-21-19-17-15-13-11-9-7-5-2/h12-15,18-21,36-37,40H,4-11,16-17,22-35,38-39,41H2,1-3H3/b14-12-,15-13-,20-18-,21-19-. The molecule has 0 aliphatic heterocycles. The van der Waals surface area contributed by atoms with Crippen LogP contribution in [0.5, 0.6) is 11.5 Å². The molecular formula is C44H74O3. The Morgan fingerprint density at radius 3 is 1.36 bits per heavy atom. The molecule has 0 N–H and O–H groups in total. The van der Waals surface area contributed by atoms with Gasteiger partial charge in [0.2, 0.25) is 0 Å². The van der Waals surface area contributed by atoms with Crippen molar-refractivity contribution >= 4 is 0 Å². The molecule has 0 aliphatic carbocycles. The highest BCUT2D eigenvalue weighted by Gasteiger charge is 2.07. The SMILES string of the molecule is CCCCC/C=C\C/C=C\CCCCCCCCOc1ccc(OCCCCCCCC/C=C\C/C=C\CCCCC)c(COC)c1. The van der Waals surface area contributed by atoms with Gasteiger partial charge in [-0.15, -0.1) is 0 Å². The molecule has 0 spiro atoms. The number of hydrogen-bond donors (Lipinski definition) is 0. The van der Waals surface area contributed by atoms with E-state index in [0.717, 1.165) is 56.0 Å². The summed E-state index contributed by atoms with van der Waals surface area (Å²) in [7, 11) is 1.74. The van der Waals surface area contributed by atoms with E-state index in [1.54, 1.807) is 7.11 Å². The average Bonchev–Trinajstić information content (AvgIpc) is 3.08. The van der Waals surface area contributed by atoms with Gasteiger partial charge in [-0.3, -0.25) is 0 Å². The molecule has 0 aliphatic rings. The summed E-state index contributed by atoms with van der Waals surface area (Å²) in [6.45, 7) is 6.60. The first-order valence-electron chi connectivity index (χ1n) is 19.8. The van der Waals surface area contributed by atoms with Crippen LogP contribution in [0.25, 0.3) is 0 Å². The Morgan fingerprint density at radius 1 is 0.468 bits per heavy atom. The fraction of sp³-hybridized carbons (Fsp3) is 0.682. The zero-order valence-corrected chi connectivity index (χ0v) is 31.2. The maximum atomic E-state index is 6.15. The molecule has 1 rings (SSSR count). The second-order valence-corrected chi connectivity index (χ2v) is 13.1. The molecule has 0 unspecified atom stereocenters. The summed E-state index contributed by atoms with van der Waals surface area (Å²) >= 11 is 0. The van der Waals surface area contributed by atoms with E-state index in [1.807, 2.05) is 6.07 Å². The van der Waals surface area contributed by atoms with Gasteiger partial charge in [0.25, 0.3) is 0 Å². The summed E-state index contributed by atoms with van der Waals surface area (Å²) < 4.78 is 17.7. The van der Waals surface area contributed by atoms with Crippen LogP contribution in [-0.4, -0.2) is 20.3 Å². The lowest BCUT2D eigenvalue weighted by Crippen LogP contribution is -2.03. The molecule has 3 nitrogen and oxygen atoms in total. The summed E-state index contributed by atoms with van der Waals surface area (Å²) in [5.41, 5.74) is 1.07. The molecule has 0 aromatic heterocycles. The molecule has 1 aromatic carbocycles. The first-order valence-corrected chi connectivity index (χ1v) is 19.8. The number of ether oxygens (including phenoxy) is 3. The predicted octanol–water partition coefficient (Wildman–Crippen LogP) is 14.2. The minimum absolute atomic E-state index is 0.543. The van der Waals surface area contributed by atoms with Crippen LogP contribution in [0.15, 0.2) is 66.8 Å². The monoisotopic (exact) mass is 651 g/mol. The summed E-state index contributed by atoms with van der Waals surface area (Å²) in [6.07, 6.45) is 48.9. The molecule has 3 heteroatoms. The van der Waals surface area contributed by atoms with Gasteiger partial charge in [-0.2, -0.15) is 0 Å². The summed E-state index contributed by atoms with van der Waals surface area (Å²) in [5.74, 6) is 1.84. The van der Waals surface area contributed by atoms with Crippen molar-refractivity contribution in [3.8, 4) is 11.5 Å². The lowest BCUT2D eigenvalue weighted by atomic mass is 10.1. The molecule has 0 fully saturated rings. The van der Waals surface area contributed by atoms with Crippen molar-refractivity contribution in [1.29, 1.82) is 0 Å². The first-order chi connectivity index (χ1) is 23.3. The van der Waals surface area contributed by atoms with Gasteiger partial charge in [-0.25, -0.2) is 0 Å². The van der Waals surface area contributed by atoms with Crippen LogP contribution in [0, 0.1) is 0 Å². The van der Waals surface area contributed by atoms with E-state index >= 15 is 0 Å². The second kappa shape index (κ2) is 35.1. The fourth-order valence-electron chi connectivity index (χ4n) is 5.61. The lowest BCUT2D eigenvalue weighted by Gasteiger charge is -2.14. The Balaban J connectivity index is 2.04. The summed E-state index contributed by atoms with van der Waals surface area (Å²) in [5, 5.41) is 0. The molecule has 268 valence electrons. The maximum absolute atomic E-state index is 6.15. The molecule has 0 saturated heterocycles. The van der Waals surface area contributed by atoms with Gasteiger partial charge in [0.1, 0.15) is 11.5 Å². The molecule has 47 heavy (non-hydrogen) atoms. The van der Waals surface area contributed by atoms with Gasteiger partial charge in [0, 0.05) is 12.7 Å². The van der Waals surface area contributed by atoms with E-state index in [9.17, 15) is 0 Å². The number of benzene rings is 1. The average molecular weight is 651 g/mol. The zero-order valence-electron chi connectivity index (χ0n) is 31.2. The van der Waals surface area contributed by atoms with Gasteiger partial charge < -0.3 is 14.2 Å². The van der Waals surface area contributed by atoms with E-state index in [-0.39, 0.29) is 0 Å². The third-order valence-electron chi connectivity index (χ3n) is 8.55.